The summed E-state index contributed by atoms with van der Waals surface area (Å²) in [6.45, 7) is 6.00. The van der Waals surface area contributed by atoms with Crippen molar-refractivity contribution in [2.24, 2.45) is 5.92 Å². The summed E-state index contributed by atoms with van der Waals surface area (Å²) >= 11 is 0. The van der Waals surface area contributed by atoms with Gasteiger partial charge in [0.15, 0.2) is 0 Å². The summed E-state index contributed by atoms with van der Waals surface area (Å²) in [5, 5.41) is 12.1. The summed E-state index contributed by atoms with van der Waals surface area (Å²) in [4.78, 5) is 0. The molecule has 3 heteroatoms. The van der Waals surface area contributed by atoms with Crippen LogP contribution in [-0.4, -0.2) is 38.0 Å². The molecule has 0 saturated carbocycles. The molecule has 0 rings (SSSR count). The molecular weight excluding hydrogens is 154 g/mol. The molecule has 0 amide bonds. The number of methoxy groups -OCH3 is 1. The highest BCUT2D eigenvalue weighted by Crippen LogP contribution is 1.95. The van der Waals surface area contributed by atoms with Crippen LogP contribution in [0.1, 0.15) is 20.3 Å². The monoisotopic (exact) mass is 175 g/mol. The van der Waals surface area contributed by atoms with E-state index >= 15 is 0 Å². The van der Waals surface area contributed by atoms with Gasteiger partial charge in [-0.1, -0.05) is 13.8 Å². The Labute approximate surface area is 75.1 Å². The number of ether oxygens (including phenoxy) is 1. The quantitative estimate of drug-likeness (QED) is 0.596. The molecule has 0 saturated heterocycles. The summed E-state index contributed by atoms with van der Waals surface area (Å²) in [7, 11) is 1.71. The van der Waals surface area contributed by atoms with Crippen molar-refractivity contribution in [2.75, 3.05) is 26.9 Å². The van der Waals surface area contributed by atoms with E-state index < -0.39 is 0 Å². The zero-order valence-electron chi connectivity index (χ0n) is 8.34. The molecule has 0 spiro atoms. The topological polar surface area (TPSA) is 41.5 Å². The van der Waals surface area contributed by atoms with Crippen molar-refractivity contribution < 1.29 is 9.84 Å². The van der Waals surface area contributed by atoms with Gasteiger partial charge in [-0.3, -0.25) is 0 Å². The number of hydrogen-bond donors (Lipinski definition) is 2. The second-order valence-electron chi connectivity index (χ2n) is 3.26. The molecule has 0 aromatic heterocycles. The number of hydrogen-bond acceptors (Lipinski definition) is 3. The van der Waals surface area contributed by atoms with E-state index in [9.17, 15) is 0 Å². The van der Waals surface area contributed by atoms with Crippen LogP contribution in [0.5, 0.6) is 0 Å². The first-order valence-corrected chi connectivity index (χ1v) is 4.57. The van der Waals surface area contributed by atoms with Crippen LogP contribution in [0, 0.1) is 5.92 Å². The summed E-state index contributed by atoms with van der Waals surface area (Å²) in [5.74, 6) is 0.330. The van der Waals surface area contributed by atoms with Crippen LogP contribution in [0.2, 0.25) is 0 Å². The van der Waals surface area contributed by atoms with Crippen molar-refractivity contribution in [1.29, 1.82) is 0 Å². The highest BCUT2D eigenvalue weighted by atomic mass is 16.5. The zero-order valence-corrected chi connectivity index (χ0v) is 8.34. The molecule has 0 aliphatic carbocycles. The Morgan fingerprint density at radius 1 is 1.50 bits per heavy atom. The number of rotatable bonds is 7. The Kier molecular flexibility index (Phi) is 7.45. The fraction of sp³-hybridized carbons (Fsp3) is 1.00. The first-order valence-electron chi connectivity index (χ1n) is 4.57. The lowest BCUT2D eigenvalue weighted by Crippen LogP contribution is -2.36. The maximum atomic E-state index is 8.78. The van der Waals surface area contributed by atoms with Gasteiger partial charge < -0.3 is 15.2 Å². The second kappa shape index (κ2) is 7.53. The van der Waals surface area contributed by atoms with Crippen LogP contribution < -0.4 is 5.32 Å². The van der Waals surface area contributed by atoms with E-state index in [1.165, 1.54) is 0 Å². The average Bonchev–Trinajstić information content (AvgIpc) is 2.11. The number of aliphatic hydroxyl groups excluding tert-OH is 1. The standard InChI is InChI=1S/C9H21NO2/c1-4-9(7-12-3)10-5-8(2)6-11/h8-11H,4-7H2,1-3H3. The van der Waals surface area contributed by atoms with E-state index in [4.69, 9.17) is 9.84 Å². The molecule has 0 fully saturated rings. The van der Waals surface area contributed by atoms with E-state index in [-0.39, 0.29) is 6.61 Å². The van der Waals surface area contributed by atoms with Crippen LogP contribution in [0.25, 0.3) is 0 Å². The predicted molar refractivity (Wildman–Crippen MR) is 50.2 cm³/mol. The van der Waals surface area contributed by atoms with Crippen LogP contribution in [0.3, 0.4) is 0 Å². The lowest BCUT2D eigenvalue weighted by atomic mass is 10.1. The lowest BCUT2D eigenvalue weighted by molar-refractivity contribution is 0.157. The fourth-order valence-corrected chi connectivity index (χ4v) is 0.955. The Balaban J connectivity index is 3.43. The Bertz CT molecular complexity index is 98.5. The maximum absolute atomic E-state index is 8.78. The molecule has 3 nitrogen and oxygen atoms in total. The minimum atomic E-state index is 0.246. The molecule has 2 N–H and O–H groups in total. The summed E-state index contributed by atoms with van der Waals surface area (Å²) in [5.41, 5.74) is 0. The third-order valence-corrected chi connectivity index (χ3v) is 1.93. The highest BCUT2D eigenvalue weighted by Gasteiger charge is 2.06. The molecule has 0 radical (unpaired) electrons. The van der Waals surface area contributed by atoms with Gasteiger partial charge in [-0.05, 0) is 12.3 Å². The summed E-state index contributed by atoms with van der Waals surface area (Å²) < 4.78 is 5.04. The first kappa shape index (κ1) is 11.9. The maximum Gasteiger partial charge on any atom is 0.0615 e. The third kappa shape index (κ3) is 5.52. The molecule has 2 atom stereocenters. The van der Waals surface area contributed by atoms with Crippen LogP contribution >= 0.6 is 0 Å². The van der Waals surface area contributed by atoms with E-state index in [1.807, 2.05) is 6.92 Å². The second-order valence-corrected chi connectivity index (χ2v) is 3.26. The molecular formula is C9H21NO2. The van der Waals surface area contributed by atoms with Gasteiger partial charge in [0, 0.05) is 26.3 Å². The van der Waals surface area contributed by atoms with Crippen LogP contribution in [0.15, 0.2) is 0 Å². The molecule has 0 bridgehead atoms. The number of aliphatic hydroxyl groups is 1. The lowest BCUT2D eigenvalue weighted by Gasteiger charge is -2.17. The zero-order chi connectivity index (χ0) is 9.40. The van der Waals surface area contributed by atoms with Gasteiger partial charge in [0.2, 0.25) is 0 Å². The average molecular weight is 175 g/mol. The van der Waals surface area contributed by atoms with Crippen molar-refractivity contribution in [3.63, 3.8) is 0 Å². The van der Waals surface area contributed by atoms with Gasteiger partial charge in [0.1, 0.15) is 0 Å². The smallest absolute Gasteiger partial charge is 0.0615 e. The van der Waals surface area contributed by atoms with E-state index in [0.717, 1.165) is 19.6 Å². The minimum Gasteiger partial charge on any atom is -0.396 e. The fourth-order valence-electron chi connectivity index (χ4n) is 0.955. The Morgan fingerprint density at radius 3 is 2.58 bits per heavy atom. The highest BCUT2D eigenvalue weighted by molar-refractivity contribution is 4.65. The Morgan fingerprint density at radius 2 is 2.17 bits per heavy atom. The first-order chi connectivity index (χ1) is 5.74. The summed E-state index contributed by atoms with van der Waals surface area (Å²) in [6, 6.07) is 0.420. The van der Waals surface area contributed by atoms with Gasteiger partial charge in [-0.15, -0.1) is 0 Å². The van der Waals surface area contributed by atoms with Crippen molar-refractivity contribution >= 4 is 0 Å². The van der Waals surface area contributed by atoms with Crippen molar-refractivity contribution in [1.82, 2.24) is 5.32 Å². The van der Waals surface area contributed by atoms with Gasteiger partial charge in [0.25, 0.3) is 0 Å². The largest absolute Gasteiger partial charge is 0.396 e. The third-order valence-electron chi connectivity index (χ3n) is 1.93. The molecule has 0 heterocycles. The van der Waals surface area contributed by atoms with Crippen molar-refractivity contribution in [2.45, 2.75) is 26.3 Å². The Hall–Kier alpha value is -0.120. The van der Waals surface area contributed by atoms with E-state index in [0.29, 0.717) is 12.0 Å². The van der Waals surface area contributed by atoms with E-state index in [1.54, 1.807) is 7.11 Å². The molecule has 0 aliphatic heterocycles. The molecule has 0 aromatic rings. The van der Waals surface area contributed by atoms with Gasteiger partial charge >= 0.3 is 0 Å². The SMILES string of the molecule is CCC(COC)NCC(C)CO. The van der Waals surface area contributed by atoms with Gasteiger partial charge in [-0.25, -0.2) is 0 Å². The molecule has 2 unspecified atom stereocenters. The van der Waals surface area contributed by atoms with Gasteiger partial charge in [0.05, 0.1) is 6.61 Å². The predicted octanol–water partition coefficient (Wildman–Crippen LogP) is 0.629. The molecule has 12 heavy (non-hydrogen) atoms. The van der Waals surface area contributed by atoms with Crippen LogP contribution in [-0.2, 0) is 4.74 Å². The molecule has 0 aromatic carbocycles. The summed E-state index contributed by atoms with van der Waals surface area (Å²) in [6.07, 6.45) is 1.06. The minimum absolute atomic E-state index is 0.246. The normalized spacial score (nSPS) is 16.0. The molecule has 0 aliphatic rings. The van der Waals surface area contributed by atoms with Crippen LogP contribution in [0.4, 0.5) is 0 Å². The number of nitrogens with one attached hydrogen (secondary N) is 1. The molecule has 74 valence electrons. The van der Waals surface area contributed by atoms with Gasteiger partial charge in [-0.2, -0.15) is 0 Å². The van der Waals surface area contributed by atoms with E-state index in [2.05, 4.69) is 12.2 Å². The van der Waals surface area contributed by atoms with Crippen molar-refractivity contribution in [3.05, 3.63) is 0 Å². The van der Waals surface area contributed by atoms with Crippen molar-refractivity contribution in [3.8, 4) is 0 Å².